The molecule has 0 fully saturated rings. The van der Waals surface area contributed by atoms with Crippen molar-refractivity contribution >= 4 is 5.91 Å². The highest BCUT2D eigenvalue weighted by Gasteiger charge is 2.16. The Kier molecular flexibility index (Phi) is 6.36. The van der Waals surface area contributed by atoms with E-state index >= 15 is 0 Å². The van der Waals surface area contributed by atoms with E-state index in [0.717, 1.165) is 12.8 Å². The summed E-state index contributed by atoms with van der Waals surface area (Å²) in [6.07, 6.45) is 1.34. The normalized spacial score (nSPS) is 12.3. The quantitative estimate of drug-likeness (QED) is 0.794. The van der Waals surface area contributed by atoms with E-state index < -0.39 is 6.10 Å². The highest BCUT2D eigenvalue weighted by molar-refractivity contribution is 5.94. The number of carbonyl (C=O) groups excluding carboxylic acids is 1. The number of benzene rings is 1. The Morgan fingerprint density at radius 1 is 1.26 bits per heavy atom. The van der Waals surface area contributed by atoms with Crippen molar-refractivity contribution in [3.8, 4) is 5.75 Å². The monoisotopic (exact) mass is 265 g/mol. The number of aliphatic hydroxyl groups is 1. The van der Waals surface area contributed by atoms with Gasteiger partial charge in [0.15, 0.2) is 0 Å². The van der Waals surface area contributed by atoms with E-state index in [1.54, 1.807) is 31.4 Å². The van der Waals surface area contributed by atoms with Crippen molar-refractivity contribution in [2.75, 3.05) is 13.7 Å². The van der Waals surface area contributed by atoms with Crippen molar-refractivity contribution in [2.45, 2.75) is 32.8 Å². The Morgan fingerprint density at radius 2 is 1.84 bits per heavy atom. The van der Waals surface area contributed by atoms with Crippen molar-refractivity contribution in [3.05, 3.63) is 29.8 Å². The predicted octanol–water partition coefficient (Wildman–Crippen LogP) is 2.22. The zero-order valence-corrected chi connectivity index (χ0v) is 11.8. The van der Waals surface area contributed by atoms with Gasteiger partial charge in [0, 0.05) is 12.1 Å². The number of hydrogen-bond donors (Lipinski definition) is 2. The second-order valence-corrected chi connectivity index (χ2v) is 4.58. The fourth-order valence-electron chi connectivity index (χ4n) is 2.04. The first-order valence-electron chi connectivity index (χ1n) is 6.72. The molecule has 1 unspecified atom stereocenters. The van der Waals surface area contributed by atoms with Gasteiger partial charge in [0.25, 0.3) is 5.91 Å². The van der Waals surface area contributed by atoms with Crippen molar-refractivity contribution in [1.82, 2.24) is 5.32 Å². The molecule has 0 aromatic heterocycles. The van der Waals surface area contributed by atoms with Crippen LogP contribution in [-0.4, -0.2) is 30.8 Å². The molecule has 2 N–H and O–H groups in total. The lowest BCUT2D eigenvalue weighted by atomic mass is 9.96. The van der Waals surface area contributed by atoms with Gasteiger partial charge in [0.2, 0.25) is 0 Å². The first-order chi connectivity index (χ1) is 9.12. The largest absolute Gasteiger partial charge is 0.497 e. The number of rotatable bonds is 7. The Hall–Kier alpha value is -1.55. The number of ether oxygens (including phenoxy) is 1. The Morgan fingerprint density at radius 3 is 2.32 bits per heavy atom. The highest BCUT2D eigenvalue weighted by Crippen LogP contribution is 2.13. The molecule has 1 rings (SSSR count). The molecule has 1 aromatic rings. The SMILES string of the molecule is CCC(CC)C(O)CNC(=O)c1ccc(OC)cc1. The van der Waals surface area contributed by atoms with Gasteiger partial charge in [-0.2, -0.15) is 0 Å². The van der Waals surface area contributed by atoms with Crippen molar-refractivity contribution in [2.24, 2.45) is 5.92 Å². The molecular weight excluding hydrogens is 242 g/mol. The lowest BCUT2D eigenvalue weighted by Crippen LogP contribution is -2.36. The van der Waals surface area contributed by atoms with Crippen LogP contribution >= 0.6 is 0 Å². The van der Waals surface area contributed by atoms with Crippen LogP contribution in [0, 0.1) is 5.92 Å². The molecule has 0 heterocycles. The van der Waals surface area contributed by atoms with Crippen LogP contribution in [0.4, 0.5) is 0 Å². The molecule has 0 aliphatic rings. The average Bonchev–Trinajstić information content (AvgIpc) is 2.46. The molecule has 1 amide bonds. The maximum atomic E-state index is 11.9. The minimum absolute atomic E-state index is 0.173. The molecule has 106 valence electrons. The predicted molar refractivity (Wildman–Crippen MR) is 75.4 cm³/mol. The minimum atomic E-state index is -0.489. The molecule has 1 aromatic carbocycles. The number of hydrogen-bond acceptors (Lipinski definition) is 3. The first-order valence-corrected chi connectivity index (χ1v) is 6.72. The molecule has 19 heavy (non-hydrogen) atoms. The summed E-state index contributed by atoms with van der Waals surface area (Å²) < 4.78 is 5.04. The van der Waals surface area contributed by atoms with E-state index in [-0.39, 0.29) is 18.4 Å². The van der Waals surface area contributed by atoms with Crippen molar-refractivity contribution in [3.63, 3.8) is 0 Å². The molecule has 0 radical (unpaired) electrons. The van der Waals surface area contributed by atoms with Crippen LogP contribution in [0.2, 0.25) is 0 Å². The maximum absolute atomic E-state index is 11.9. The van der Waals surface area contributed by atoms with Gasteiger partial charge in [-0.25, -0.2) is 0 Å². The number of nitrogens with one attached hydrogen (secondary N) is 1. The summed E-state index contributed by atoms with van der Waals surface area (Å²) in [6.45, 7) is 4.38. The zero-order chi connectivity index (χ0) is 14.3. The molecule has 0 aliphatic carbocycles. The maximum Gasteiger partial charge on any atom is 0.251 e. The Labute approximate surface area is 114 Å². The second-order valence-electron chi connectivity index (χ2n) is 4.58. The van der Waals surface area contributed by atoms with Gasteiger partial charge >= 0.3 is 0 Å². The van der Waals surface area contributed by atoms with Crippen molar-refractivity contribution in [1.29, 1.82) is 0 Å². The van der Waals surface area contributed by atoms with Crippen LogP contribution in [0.5, 0.6) is 5.75 Å². The third kappa shape index (κ3) is 4.56. The third-order valence-corrected chi connectivity index (χ3v) is 3.42. The number of carbonyl (C=O) groups is 1. The summed E-state index contributed by atoms with van der Waals surface area (Å²) in [7, 11) is 1.58. The summed E-state index contributed by atoms with van der Waals surface area (Å²) in [4.78, 5) is 11.9. The Bertz CT molecular complexity index is 385. The molecule has 0 spiro atoms. The fraction of sp³-hybridized carbons (Fsp3) is 0.533. The van der Waals surface area contributed by atoms with E-state index in [4.69, 9.17) is 4.74 Å². The van der Waals surface area contributed by atoms with Crippen LogP contribution in [0.15, 0.2) is 24.3 Å². The molecule has 0 aliphatic heterocycles. The number of methoxy groups -OCH3 is 1. The molecular formula is C15H23NO3. The standard InChI is InChI=1S/C15H23NO3/c1-4-11(5-2)14(17)10-16-15(18)12-6-8-13(19-3)9-7-12/h6-9,11,14,17H,4-5,10H2,1-3H3,(H,16,18). The van der Waals surface area contributed by atoms with Crippen LogP contribution < -0.4 is 10.1 Å². The van der Waals surface area contributed by atoms with Gasteiger partial charge in [-0.05, 0) is 30.2 Å². The van der Waals surface area contributed by atoms with Gasteiger partial charge in [0.1, 0.15) is 5.75 Å². The van der Waals surface area contributed by atoms with Gasteiger partial charge < -0.3 is 15.2 Å². The fourth-order valence-corrected chi connectivity index (χ4v) is 2.04. The van der Waals surface area contributed by atoms with Crippen LogP contribution in [0.3, 0.4) is 0 Å². The van der Waals surface area contributed by atoms with Gasteiger partial charge in [-0.1, -0.05) is 26.7 Å². The lowest BCUT2D eigenvalue weighted by Gasteiger charge is -2.20. The molecule has 4 heteroatoms. The average molecular weight is 265 g/mol. The molecule has 4 nitrogen and oxygen atoms in total. The summed E-state index contributed by atoms with van der Waals surface area (Å²) in [5.41, 5.74) is 0.567. The molecule has 0 saturated heterocycles. The lowest BCUT2D eigenvalue weighted by molar-refractivity contribution is 0.0816. The summed E-state index contributed by atoms with van der Waals surface area (Å²) >= 11 is 0. The molecule has 1 atom stereocenters. The summed E-state index contributed by atoms with van der Waals surface area (Å²) in [5.74, 6) is 0.775. The second kappa shape index (κ2) is 7.79. The topological polar surface area (TPSA) is 58.6 Å². The molecule has 0 bridgehead atoms. The van der Waals surface area contributed by atoms with Crippen molar-refractivity contribution < 1.29 is 14.6 Å². The van der Waals surface area contributed by atoms with E-state index in [9.17, 15) is 9.90 Å². The Balaban J connectivity index is 2.50. The number of amides is 1. The minimum Gasteiger partial charge on any atom is -0.497 e. The number of aliphatic hydroxyl groups excluding tert-OH is 1. The van der Waals surface area contributed by atoms with Gasteiger partial charge in [-0.15, -0.1) is 0 Å². The van der Waals surface area contributed by atoms with Crippen LogP contribution in [-0.2, 0) is 0 Å². The van der Waals surface area contributed by atoms with Crippen LogP contribution in [0.1, 0.15) is 37.0 Å². The van der Waals surface area contributed by atoms with E-state index in [0.29, 0.717) is 11.3 Å². The zero-order valence-electron chi connectivity index (χ0n) is 11.8. The smallest absolute Gasteiger partial charge is 0.251 e. The highest BCUT2D eigenvalue weighted by atomic mass is 16.5. The van der Waals surface area contributed by atoms with E-state index in [1.165, 1.54) is 0 Å². The third-order valence-electron chi connectivity index (χ3n) is 3.42. The van der Waals surface area contributed by atoms with E-state index in [1.807, 2.05) is 13.8 Å². The van der Waals surface area contributed by atoms with Gasteiger partial charge in [0.05, 0.1) is 13.2 Å². The first kappa shape index (κ1) is 15.5. The summed E-state index contributed by atoms with van der Waals surface area (Å²) in [6, 6.07) is 6.90. The van der Waals surface area contributed by atoms with Gasteiger partial charge in [-0.3, -0.25) is 4.79 Å². The molecule has 0 saturated carbocycles. The van der Waals surface area contributed by atoms with E-state index in [2.05, 4.69) is 5.32 Å². The summed E-state index contributed by atoms with van der Waals surface area (Å²) in [5, 5.41) is 12.7. The van der Waals surface area contributed by atoms with Crippen LogP contribution in [0.25, 0.3) is 0 Å².